The lowest BCUT2D eigenvalue weighted by Gasteiger charge is -2.19. The highest BCUT2D eigenvalue weighted by Gasteiger charge is 2.23. The first-order chi connectivity index (χ1) is 13.4. The van der Waals surface area contributed by atoms with Crippen LogP contribution in [-0.4, -0.2) is 34.4 Å². The van der Waals surface area contributed by atoms with Gasteiger partial charge in [-0.2, -0.15) is 0 Å². The fourth-order valence-electron chi connectivity index (χ4n) is 3.46. The number of halogens is 2. The zero-order valence-electron chi connectivity index (χ0n) is 15.4. The number of aromatic nitrogens is 1. The number of aliphatic hydroxyl groups is 1. The smallest absolute Gasteiger partial charge is 0.142 e. The first-order valence-electron chi connectivity index (χ1n) is 9.11. The highest BCUT2D eigenvalue weighted by Crippen LogP contribution is 2.35. The van der Waals surface area contributed by atoms with Gasteiger partial charge in [0.1, 0.15) is 17.4 Å². The minimum Gasteiger partial charge on any atom is -0.507 e. The van der Waals surface area contributed by atoms with Crippen LogP contribution < -0.4 is 4.90 Å². The van der Waals surface area contributed by atoms with Gasteiger partial charge in [0.25, 0.3) is 0 Å². The fourth-order valence-corrected chi connectivity index (χ4v) is 3.58. The number of rotatable bonds is 3. The summed E-state index contributed by atoms with van der Waals surface area (Å²) >= 11 is 5.83. The molecule has 2 aromatic carbocycles. The summed E-state index contributed by atoms with van der Waals surface area (Å²) in [5.41, 5.74) is 3.62. The molecule has 2 heterocycles. The molecule has 2 N–H and O–H groups in total. The Morgan fingerprint density at radius 1 is 1.11 bits per heavy atom. The number of nitrogens with zero attached hydrogens (tertiary/aromatic N) is 2. The van der Waals surface area contributed by atoms with Gasteiger partial charge in [-0.1, -0.05) is 29.3 Å². The maximum absolute atomic E-state index is 14.0. The van der Waals surface area contributed by atoms with E-state index in [2.05, 4.69) is 0 Å². The molecule has 28 heavy (non-hydrogen) atoms. The van der Waals surface area contributed by atoms with Crippen LogP contribution in [0.15, 0.2) is 48.5 Å². The quantitative estimate of drug-likeness (QED) is 0.665. The summed E-state index contributed by atoms with van der Waals surface area (Å²) < 4.78 is 14.0. The number of aromatic hydroxyl groups is 1. The van der Waals surface area contributed by atoms with Crippen molar-refractivity contribution in [1.82, 2.24) is 4.98 Å². The van der Waals surface area contributed by atoms with Gasteiger partial charge in [-0.15, -0.1) is 0 Å². The molecule has 0 bridgehead atoms. The normalized spacial score (nSPS) is 16.6. The Kier molecular flexibility index (Phi) is 4.96. The van der Waals surface area contributed by atoms with Crippen molar-refractivity contribution < 1.29 is 14.6 Å². The summed E-state index contributed by atoms with van der Waals surface area (Å²) in [6, 6.07) is 13.7. The molecule has 1 atom stereocenters. The van der Waals surface area contributed by atoms with E-state index in [9.17, 15) is 14.6 Å². The molecular formula is C22H20ClFN2O2. The van der Waals surface area contributed by atoms with Gasteiger partial charge in [0.15, 0.2) is 0 Å². The molecule has 144 valence electrons. The number of benzene rings is 2. The van der Waals surface area contributed by atoms with Crippen LogP contribution >= 0.6 is 11.6 Å². The number of β-amino-alcohol motifs (C(OH)–C–C–N with tert-alkyl or cyclic N) is 1. The maximum atomic E-state index is 14.0. The first-order valence-corrected chi connectivity index (χ1v) is 9.49. The molecule has 1 unspecified atom stereocenters. The molecule has 0 radical (unpaired) electrons. The molecule has 1 fully saturated rings. The Hall–Kier alpha value is -2.63. The zero-order chi connectivity index (χ0) is 19.8. The van der Waals surface area contributed by atoms with Gasteiger partial charge in [-0.3, -0.25) is 0 Å². The molecule has 1 aliphatic rings. The Morgan fingerprint density at radius 3 is 2.64 bits per heavy atom. The molecule has 0 spiro atoms. The van der Waals surface area contributed by atoms with Gasteiger partial charge < -0.3 is 15.1 Å². The number of pyridine rings is 1. The van der Waals surface area contributed by atoms with Crippen LogP contribution in [-0.2, 0) is 0 Å². The first kappa shape index (κ1) is 18.7. The Labute approximate surface area is 167 Å². The Balaban J connectivity index is 1.88. The van der Waals surface area contributed by atoms with E-state index < -0.39 is 11.9 Å². The minimum atomic E-state index is -0.492. The van der Waals surface area contributed by atoms with Crippen molar-refractivity contribution in [3.8, 4) is 28.1 Å². The van der Waals surface area contributed by atoms with Crippen LogP contribution in [0, 0.1) is 12.7 Å². The van der Waals surface area contributed by atoms with Gasteiger partial charge in [0.05, 0.1) is 16.8 Å². The Bertz CT molecular complexity index is 1040. The topological polar surface area (TPSA) is 56.6 Å². The van der Waals surface area contributed by atoms with E-state index in [0.29, 0.717) is 42.1 Å². The minimum absolute atomic E-state index is 0.0669. The fraction of sp³-hybridized carbons (Fsp3) is 0.227. The van der Waals surface area contributed by atoms with E-state index in [1.54, 1.807) is 12.1 Å². The van der Waals surface area contributed by atoms with E-state index in [-0.39, 0.29) is 10.8 Å². The lowest BCUT2D eigenvalue weighted by atomic mass is 10.0. The van der Waals surface area contributed by atoms with E-state index in [4.69, 9.17) is 16.6 Å². The van der Waals surface area contributed by atoms with Crippen LogP contribution in [0.5, 0.6) is 5.75 Å². The average Bonchev–Trinajstić information content (AvgIpc) is 3.12. The van der Waals surface area contributed by atoms with Crippen molar-refractivity contribution >= 4 is 17.4 Å². The van der Waals surface area contributed by atoms with Crippen LogP contribution in [0.25, 0.3) is 22.4 Å². The molecule has 1 aromatic heterocycles. The summed E-state index contributed by atoms with van der Waals surface area (Å²) in [4.78, 5) is 6.72. The SMILES string of the molecule is Cc1ccc(O)c(-c2cc(-c3ccc(Cl)c(F)c3)cc(N3CCC(O)C3)n2)c1. The number of phenolic OH excluding ortho intramolecular Hbond substituents is 1. The van der Waals surface area contributed by atoms with Gasteiger partial charge in [-0.05, 0) is 60.9 Å². The predicted molar refractivity (Wildman–Crippen MR) is 109 cm³/mol. The summed E-state index contributed by atoms with van der Waals surface area (Å²) in [5.74, 6) is 0.319. The average molecular weight is 399 g/mol. The molecule has 4 rings (SSSR count). The van der Waals surface area contributed by atoms with Crippen LogP contribution in [0.1, 0.15) is 12.0 Å². The largest absolute Gasteiger partial charge is 0.507 e. The van der Waals surface area contributed by atoms with Crippen molar-refractivity contribution in [3.63, 3.8) is 0 Å². The molecule has 0 saturated carbocycles. The van der Waals surface area contributed by atoms with E-state index in [1.165, 1.54) is 12.1 Å². The molecule has 1 saturated heterocycles. The molecule has 0 aliphatic carbocycles. The van der Waals surface area contributed by atoms with Crippen LogP contribution in [0.2, 0.25) is 5.02 Å². The third kappa shape index (κ3) is 3.68. The third-order valence-electron chi connectivity index (χ3n) is 4.98. The lowest BCUT2D eigenvalue weighted by molar-refractivity contribution is 0.198. The second kappa shape index (κ2) is 7.41. The molecule has 4 nitrogen and oxygen atoms in total. The molecule has 6 heteroatoms. The predicted octanol–water partition coefficient (Wildman–Crippen LogP) is 4.79. The molecular weight excluding hydrogens is 379 g/mol. The standard InChI is InChI=1S/C22H20ClFN2O2/c1-13-2-5-21(28)17(8-13)20-10-15(14-3-4-18(23)19(24)9-14)11-22(25-20)26-7-6-16(27)12-26/h2-5,8-11,16,27-28H,6-7,12H2,1H3. The number of aliphatic hydroxyl groups excluding tert-OH is 1. The molecule has 3 aromatic rings. The van der Waals surface area contributed by atoms with Gasteiger partial charge in [-0.25, -0.2) is 9.37 Å². The van der Waals surface area contributed by atoms with E-state index in [1.807, 2.05) is 36.1 Å². The highest BCUT2D eigenvalue weighted by atomic mass is 35.5. The summed E-state index contributed by atoms with van der Waals surface area (Å²) in [6.45, 7) is 3.12. The van der Waals surface area contributed by atoms with Gasteiger partial charge >= 0.3 is 0 Å². The number of hydrogen-bond donors (Lipinski definition) is 2. The van der Waals surface area contributed by atoms with Gasteiger partial charge in [0, 0.05) is 18.7 Å². The Morgan fingerprint density at radius 2 is 1.93 bits per heavy atom. The van der Waals surface area contributed by atoms with Crippen molar-refractivity contribution in [2.75, 3.05) is 18.0 Å². The second-order valence-electron chi connectivity index (χ2n) is 7.14. The van der Waals surface area contributed by atoms with Gasteiger partial charge in [0.2, 0.25) is 0 Å². The number of phenols is 1. The molecule has 1 aliphatic heterocycles. The van der Waals surface area contributed by atoms with Crippen LogP contribution in [0.3, 0.4) is 0 Å². The van der Waals surface area contributed by atoms with Crippen molar-refractivity contribution in [1.29, 1.82) is 0 Å². The van der Waals surface area contributed by atoms with Crippen molar-refractivity contribution in [2.45, 2.75) is 19.4 Å². The highest BCUT2D eigenvalue weighted by molar-refractivity contribution is 6.30. The molecule has 0 amide bonds. The number of anilines is 1. The van der Waals surface area contributed by atoms with Crippen molar-refractivity contribution in [2.24, 2.45) is 0 Å². The lowest BCUT2D eigenvalue weighted by Crippen LogP contribution is -2.22. The van der Waals surface area contributed by atoms with Crippen LogP contribution in [0.4, 0.5) is 10.2 Å². The van der Waals surface area contributed by atoms with E-state index in [0.717, 1.165) is 11.1 Å². The summed E-state index contributed by atoms with van der Waals surface area (Å²) in [7, 11) is 0. The third-order valence-corrected chi connectivity index (χ3v) is 5.29. The summed E-state index contributed by atoms with van der Waals surface area (Å²) in [5, 5.41) is 20.3. The monoisotopic (exact) mass is 398 g/mol. The maximum Gasteiger partial charge on any atom is 0.142 e. The van der Waals surface area contributed by atoms with E-state index >= 15 is 0 Å². The summed E-state index contributed by atoms with van der Waals surface area (Å²) in [6.07, 6.45) is 0.279. The number of aryl methyl sites for hydroxylation is 1. The van der Waals surface area contributed by atoms with Crippen molar-refractivity contribution in [3.05, 3.63) is 64.9 Å². The second-order valence-corrected chi connectivity index (χ2v) is 7.54. The zero-order valence-corrected chi connectivity index (χ0v) is 16.1. The number of hydrogen-bond acceptors (Lipinski definition) is 4.